The molecule has 0 amide bonds. The van der Waals surface area contributed by atoms with Gasteiger partial charge in [0, 0.05) is 19.0 Å². The number of carbonyl (C=O) groups is 1. The molecule has 0 bridgehead atoms. The maximum Gasteiger partial charge on any atom is 0.306 e. The van der Waals surface area contributed by atoms with Gasteiger partial charge in [0.05, 0.1) is 13.5 Å². The Labute approximate surface area is 94.2 Å². The monoisotopic (exact) mass is 221 g/mol. The van der Waals surface area contributed by atoms with Gasteiger partial charge in [0.25, 0.3) is 0 Å². The van der Waals surface area contributed by atoms with Crippen molar-refractivity contribution in [2.75, 3.05) is 13.7 Å². The van der Waals surface area contributed by atoms with Crippen LogP contribution in [0.1, 0.15) is 23.5 Å². The van der Waals surface area contributed by atoms with Crippen molar-refractivity contribution in [3.8, 4) is 5.75 Å². The van der Waals surface area contributed by atoms with E-state index in [1.807, 2.05) is 6.07 Å². The number of rotatable bonds is 2. The van der Waals surface area contributed by atoms with Crippen LogP contribution in [0.2, 0.25) is 0 Å². The molecular weight excluding hydrogens is 206 g/mol. The zero-order valence-electron chi connectivity index (χ0n) is 9.19. The first kappa shape index (κ1) is 11.0. The zero-order chi connectivity index (χ0) is 11.5. The molecule has 16 heavy (non-hydrogen) atoms. The molecule has 0 aromatic heterocycles. The second-order valence-electron chi connectivity index (χ2n) is 3.99. The van der Waals surface area contributed by atoms with Crippen molar-refractivity contribution in [1.82, 2.24) is 5.32 Å². The van der Waals surface area contributed by atoms with Crippen molar-refractivity contribution in [2.45, 2.75) is 18.9 Å². The molecule has 0 saturated carbocycles. The van der Waals surface area contributed by atoms with Crippen LogP contribution in [0.25, 0.3) is 0 Å². The lowest BCUT2D eigenvalue weighted by Crippen LogP contribution is -2.29. The van der Waals surface area contributed by atoms with Crippen LogP contribution in [0.15, 0.2) is 18.2 Å². The molecule has 1 aromatic carbocycles. The molecule has 1 atom stereocenters. The van der Waals surface area contributed by atoms with Crippen molar-refractivity contribution in [3.05, 3.63) is 29.3 Å². The van der Waals surface area contributed by atoms with Crippen molar-refractivity contribution in [1.29, 1.82) is 0 Å². The summed E-state index contributed by atoms with van der Waals surface area (Å²) in [5.74, 6) is 0.113. The molecule has 0 fully saturated rings. The molecule has 2 N–H and O–H groups in total. The predicted molar refractivity (Wildman–Crippen MR) is 59.2 cm³/mol. The molecule has 1 aliphatic rings. The molecule has 1 aromatic rings. The second kappa shape index (κ2) is 4.53. The maximum atomic E-state index is 11.3. The minimum atomic E-state index is -0.219. The van der Waals surface area contributed by atoms with Gasteiger partial charge in [0.1, 0.15) is 5.75 Å². The van der Waals surface area contributed by atoms with Gasteiger partial charge in [-0.25, -0.2) is 0 Å². The van der Waals surface area contributed by atoms with E-state index in [0.29, 0.717) is 6.42 Å². The smallest absolute Gasteiger partial charge is 0.306 e. The highest BCUT2D eigenvalue weighted by Crippen LogP contribution is 2.29. The van der Waals surface area contributed by atoms with Gasteiger partial charge in [-0.2, -0.15) is 0 Å². The fourth-order valence-corrected chi connectivity index (χ4v) is 2.08. The van der Waals surface area contributed by atoms with Crippen LogP contribution < -0.4 is 5.32 Å². The van der Waals surface area contributed by atoms with E-state index in [0.717, 1.165) is 24.2 Å². The third-order valence-electron chi connectivity index (χ3n) is 2.92. The summed E-state index contributed by atoms with van der Waals surface area (Å²) in [5.41, 5.74) is 2.18. The van der Waals surface area contributed by atoms with Crippen LogP contribution in [-0.4, -0.2) is 24.7 Å². The Morgan fingerprint density at radius 3 is 3.19 bits per heavy atom. The van der Waals surface area contributed by atoms with E-state index in [1.165, 1.54) is 7.11 Å². The van der Waals surface area contributed by atoms with E-state index >= 15 is 0 Å². The first-order valence-corrected chi connectivity index (χ1v) is 5.30. The minimum absolute atomic E-state index is 0.0864. The van der Waals surface area contributed by atoms with E-state index < -0.39 is 0 Å². The second-order valence-corrected chi connectivity index (χ2v) is 3.99. The number of hydrogen-bond acceptors (Lipinski definition) is 4. The first-order valence-electron chi connectivity index (χ1n) is 5.30. The lowest BCUT2D eigenvalue weighted by molar-refractivity contribution is -0.141. The summed E-state index contributed by atoms with van der Waals surface area (Å²) >= 11 is 0. The standard InChI is InChI=1S/C12H15NO3/c1-16-12(15)4-9-7-13-6-8-2-3-10(14)5-11(8)9/h2-3,5,9,13-14H,4,6-7H2,1H3. The Morgan fingerprint density at radius 2 is 2.44 bits per heavy atom. The summed E-state index contributed by atoms with van der Waals surface area (Å²) in [6.45, 7) is 1.53. The number of nitrogens with one attached hydrogen (secondary N) is 1. The topological polar surface area (TPSA) is 58.6 Å². The molecule has 0 saturated heterocycles. The van der Waals surface area contributed by atoms with Crippen molar-refractivity contribution >= 4 is 5.97 Å². The molecule has 1 aliphatic heterocycles. The molecule has 86 valence electrons. The van der Waals surface area contributed by atoms with Gasteiger partial charge in [0.15, 0.2) is 0 Å². The number of phenols is 1. The number of benzene rings is 1. The number of esters is 1. The largest absolute Gasteiger partial charge is 0.508 e. The van der Waals surface area contributed by atoms with Gasteiger partial charge < -0.3 is 15.2 Å². The molecule has 1 heterocycles. The van der Waals surface area contributed by atoms with Crippen LogP contribution in [0.5, 0.6) is 5.75 Å². The van der Waals surface area contributed by atoms with Gasteiger partial charge in [-0.15, -0.1) is 0 Å². The Bertz CT molecular complexity index is 403. The average molecular weight is 221 g/mol. The molecule has 4 nitrogen and oxygen atoms in total. The summed E-state index contributed by atoms with van der Waals surface area (Å²) in [6.07, 6.45) is 0.347. The highest BCUT2D eigenvalue weighted by Gasteiger charge is 2.23. The third kappa shape index (κ3) is 2.17. The van der Waals surface area contributed by atoms with E-state index in [1.54, 1.807) is 12.1 Å². The number of fused-ring (bicyclic) bond motifs is 1. The predicted octanol–water partition coefficient (Wildman–Crippen LogP) is 1.14. The highest BCUT2D eigenvalue weighted by molar-refractivity contribution is 5.70. The lowest BCUT2D eigenvalue weighted by Gasteiger charge is -2.25. The molecular formula is C12H15NO3. The van der Waals surface area contributed by atoms with Crippen molar-refractivity contribution in [2.24, 2.45) is 0 Å². The quantitative estimate of drug-likeness (QED) is 0.735. The normalized spacial score (nSPS) is 18.9. The van der Waals surface area contributed by atoms with Crippen LogP contribution in [0, 0.1) is 0 Å². The number of aromatic hydroxyl groups is 1. The molecule has 0 radical (unpaired) electrons. The Morgan fingerprint density at radius 1 is 1.62 bits per heavy atom. The fourth-order valence-electron chi connectivity index (χ4n) is 2.08. The first-order chi connectivity index (χ1) is 7.70. The van der Waals surface area contributed by atoms with E-state index in [2.05, 4.69) is 10.1 Å². The van der Waals surface area contributed by atoms with E-state index in [9.17, 15) is 9.90 Å². The minimum Gasteiger partial charge on any atom is -0.508 e. The summed E-state index contributed by atoms with van der Waals surface area (Å²) in [6, 6.07) is 5.30. The summed E-state index contributed by atoms with van der Waals surface area (Å²) in [4.78, 5) is 11.3. The SMILES string of the molecule is COC(=O)CC1CNCc2ccc(O)cc21. The summed E-state index contributed by atoms with van der Waals surface area (Å²) < 4.78 is 4.67. The summed E-state index contributed by atoms with van der Waals surface area (Å²) in [7, 11) is 1.39. The van der Waals surface area contributed by atoms with Crippen LogP contribution >= 0.6 is 0 Å². The Kier molecular flexibility index (Phi) is 3.10. The molecule has 0 aliphatic carbocycles. The highest BCUT2D eigenvalue weighted by atomic mass is 16.5. The average Bonchev–Trinajstić information content (AvgIpc) is 2.29. The number of phenolic OH excluding ortho intramolecular Hbond substituents is 1. The molecule has 0 spiro atoms. The fraction of sp³-hybridized carbons (Fsp3) is 0.417. The zero-order valence-corrected chi connectivity index (χ0v) is 9.19. The van der Waals surface area contributed by atoms with Gasteiger partial charge in [0.2, 0.25) is 0 Å². The number of ether oxygens (including phenoxy) is 1. The summed E-state index contributed by atoms with van der Waals surface area (Å²) in [5, 5.41) is 12.7. The maximum absolute atomic E-state index is 11.3. The van der Waals surface area contributed by atoms with Crippen LogP contribution in [0.4, 0.5) is 0 Å². The number of hydrogen-bond donors (Lipinski definition) is 2. The molecule has 4 heteroatoms. The van der Waals surface area contributed by atoms with Crippen molar-refractivity contribution < 1.29 is 14.6 Å². The van der Waals surface area contributed by atoms with Crippen LogP contribution in [-0.2, 0) is 16.1 Å². The molecule has 1 unspecified atom stereocenters. The molecule has 2 rings (SSSR count). The Balaban J connectivity index is 2.24. The number of methoxy groups -OCH3 is 1. The van der Waals surface area contributed by atoms with E-state index in [-0.39, 0.29) is 17.6 Å². The van der Waals surface area contributed by atoms with Gasteiger partial charge in [-0.05, 0) is 23.3 Å². The van der Waals surface area contributed by atoms with Gasteiger partial charge in [-0.1, -0.05) is 6.07 Å². The lowest BCUT2D eigenvalue weighted by atomic mass is 9.88. The van der Waals surface area contributed by atoms with Gasteiger partial charge in [-0.3, -0.25) is 4.79 Å². The van der Waals surface area contributed by atoms with E-state index in [4.69, 9.17) is 0 Å². The van der Waals surface area contributed by atoms with Crippen molar-refractivity contribution in [3.63, 3.8) is 0 Å². The van der Waals surface area contributed by atoms with Gasteiger partial charge >= 0.3 is 5.97 Å². The Hall–Kier alpha value is -1.55. The number of carbonyl (C=O) groups excluding carboxylic acids is 1. The van der Waals surface area contributed by atoms with Crippen LogP contribution in [0.3, 0.4) is 0 Å². The third-order valence-corrected chi connectivity index (χ3v) is 2.92.